The summed E-state index contributed by atoms with van der Waals surface area (Å²) in [5.74, 6) is 0.862. The van der Waals surface area contributed by atoms with Gasteiger partial charge in [-0.05, 0) is 50.6 Å². The van der Waals surface area contributed by atoms with E-state index in [4.69, 9.17) is 0 Å². The summed E-state index contributed by atoms with van der Waals surface area (Å²) >= 11 is 0. The Kier molecular flexibility index (Phi) is 4.66. The SMILES string of the molecule is C/C=C(\N=C(C)Nc1cccc(C)c1)c1ccncc1. The van der Waals surface area contributed by atoms with E-state index >= 15 is 0 Å². The molecule has 0 saturated heterocycles. The smallest absolute Gasteiger partial charge is 0.103 e. The molecule has 0 amide bonds. The van der Waals surface area contributed by atoms with Crippen molar-refractivity contribution in [3.8, 4) is 0 Å². The quantitative estimate of drug-likeness (QED) is 0.664. The van der Waals surface area contributed by atoms with Crippen LogP contribution in [0.25, 0.3) is 5.70 Å². The van der Waals surface area contributed by atoms with E-state index in [-0.39, 0.29) is 0 Å². The Morgan fingerprint density at radius 1 is 1.20 bits per heavy atom. The average Bonchev–Trinajstić information content (AvgIpc) is 2.45. The van der Waals surface area contributed by atoms with Gasteiger partial charge < -0.3 is 5.32 Å². The molecule has 0 aliphatic carbocycles. The lowest BCUT2D eigenvalue weighted by Crippen LogP contribution is -2.07. The average molecular weight is 265 g/mol. The minimum absolute atomic E-state index is 0.862. The highest BCUT2D eigenvalue weighted by atomic mass is 15.0. The number of aliphatic imine (C=N–C) groups is 1. The number of amidine groups is 1. The Balaban J connectivity index is 2.17. The van der Waals surface area contributed by atoms with Gasteiger partial charge in [0.2, 0.25) is 0 Å². The molecule has 0 bridgehead atoms. The summed E-state index contributed by atoms with van der Waals surface area (Å²) in [6.45, 7) is 6.03. The minimum Gasteiger partial charge on any atom is -0.344 e. The van der Waals surface area contributed by atoms with Crippen molar-refractivity contribution >= 4 is 17.2 Å². The summed E-state index contributed by atoms with van der Waals surface area (Å²) < 4.78 is 0. The van der Waals surface area contributed by atoms with Crippen LogP contribution >= 0.6 is 0 Å². The Labute approximate surface area is 120 Å². The normalized spacial score (nSPS) is 12.3. The maximum atomic E-state index is 4.63. The van der Waals surface area contributed by atoms with Gasteiger partial charge in [0.15, 0.2) is 0 Å². The third-order valence-corrected chi connectivity index (χ3v) is 2.88. The number of pyridine rings is 1. The van der Waals surface area contributed by atoms with E-state index in [0.717, 1.165) is 22.8 Å². The number of nitrogens with zero attached hydrogens (tertiary/aromatic N) is 2. The third-order valence-electron chi connectivity index (χ3n) is 2.88. The largest absolute Gasteiger partial charge is 0.344 e. The van der Waals surface area contributed by atoms with Gasteiger partial charge in [-0.2, -0.15) is 0 Å². The fourth-order valence-corrected chi connectivity index (χ4v) is 1.96. The van der Waals surface area contributed by atoms with Crippen LogP contribution in [-0.4, -0.2) is 10.8 Å². The molecule has 2 rings (SSSR count). The third kappa shape index (κ3) is 3.79. The monoisotopic (exact) mass is 265 g/mol. The highest BCUT2D eigenvalue weighted by molar-refractivity contribution is 5.97. The lowest BCUT2D eigenvalue weighted by Gasteiger charge is -2.08. The van der Waals surface area contributed by atoms with Crippen molar-refractivity contribution in [2.24, 2.45) is 4.99 Å². The van der Waals surface area contributed by atoms with E-state index in [9.17, 15) is 0 Å². The number of aryl methyl sites for hydroxylation is 1. The number of allylic oxidation sites excluding steroid dienone is 1. The second-order valence-corrected chi connectivity index (χ2v) is 4.60. The summed E-state index contributed by atoms with van der Waals surface area (Å²) in [4.78, 5) is 8.66. The standard InChI is InChI=1S/C17H19N3/c1-4-17(15-8-10-18-11-9-15)20-14(3)19-16-7-5-6-13(2)12-16/h4-12H,1-3H3,(H,19,20)/b17-4-. The van der Waals surface area contributed by atoms with E-state index in [0.29, 0.717) is 0 Å². The molecule has 2 aromatic rings. The van der Waals surface area contributed by atoms with Crippen molar-refractivity contribution in [2.45, 2.75) is 20.8 Å². The molecule has 0 spiro atoms. The Morgan fingerprint density at radius 2 is 1.95 bits per heavy atom. The molecule has 1 aromatic carbocycles. The van der Waals surface area contributed by atoms with Crippen molar-refractivity contribution in [2.75, 3.05) is 5.32 Å². The number of rotatable bonds is 3. The Bertz CT molecular complexity index is 628. The molecule has 0 radical (unpaired) electrons. The van der Waals surface area contributed by atoms with E-state index in [1.54, 1.807) is 12.4 Å². The van der Waals surface area contributed by atoms with Gasteiger partial charge in [0.1, 0.15) is 5.84 Å². The van der Waals surface area contributed by atoms with Crippen LogP contribution in [0.3, 0.4) is 0 Å². The predicted molar refractivity (Wildman–Crippen MR) is 85.8 cm³/mol. The van der Waals surface area contributed by atoms with Crippen LogP contribution in [0.1, 0.15) is 25.0 Å². The number of benzene rings is 1. The molecule has 1 N–H and O–H groups in total. The molecule has 0 aliphatic rings. The van der Waals surface area contributed by atoms with Crippen LogP contribution in [0.2, 0.25) is 0 Å². The minimum atomic E-state index is 0.862. The molecule has 0 atom stereocenters. The summed E-state index contributed by atoms with van der Waals surface area (Å²) in [5.41, 5.74) is 4.28. The highest BCUT2D eigenvalue weighted by Gasteiger charge is 2.00. The van der Waals surface area contributed by atoms with Crippen molar-refractivity contribution < 1.29 is 0 Å². The summed E-state index contributed by atoms with van der Waals surface area (Å²) in [6, 6.07) is 12.2. The number of hydrogen-bond donors (Lipinski definition) is 1. The van der Waals surface area contributed by atoms with Crippen LogP contribution in [-0.2, 0) is 0 Å². The first-order valence-electron chi connectivity index (χ1n) is 6.65. The number of nitrogens with one attached hydrogen (secondary N) is 1. The fraction of sp³-hybridized carbons (Fsp3) is 0.176. The van der Waals surface area contributed by atoms with Gasteiger partial charge in [-0.3, -0.25) is 4.98 Å². The van der Waals surface area contributed by atoms with E-state index < -0.39 is 0 Å². The fourth-order valence-electron chi connectivity index (χ4n) is 1.96. The summed E-state index contributed by atoms with van der Waals surface area (Å²) in [7, 11) is 0. The molecule has 0 saturated carbocycles. The lowest BCUT2D eigenvalue weighted by atomic mass is 10.2. The molecule has 0 fully saturated rings. The van der Waals surface area contributed by atoms with Crippen molar-refractivity contribution in [1.82, 2.24) is 4.98 Å². The molecular weight excluding hydrogens is 246 g/mol. The zero-order chi connectivity index (χ0) is 14.4. The molecule has 1 aromatic heterocycles. The highest BCUT2D eigenvalue weighted by Crippen LogP contribution is 2.16. The number of hydrogen-bond acceptors (Lipinski definition) is 2. The second-order valence-electron chi connectivity index (χ2n) is 4.60. The first kappa shape index (κ1) is 14.0. The van der Waals surface area contributed by atoms with Crippen LogP contribution < -0.4 is 5.32 Å². The number of aromatic nitrogens is 1. The van der Waals surface area contributed by atoms with Gasteiger partial charge in [-0.15, -0.1) is 0 Å². The molecule has 3 heteroatoms. The number of anilines is 1. The van der Waals surface area contributed by atoms with Gasteiger partial charge >= 0.3 is 0 Å². The van der Waals surface area contributed by atoms with Crippen LogP contribution in [0.15, 0.2) is 59.9 Å². The van der Waals surface area contributed by atoms with E-state index in [1.165, 1.54) is 5.56 Å². The van der Waals surface area contributed by atoms with Gasteiger partial charge in [0.25, 0.3) is 0 Å². The van der Waals surface area contributed by atoms with Gasteiger partial charge in [0.05, 0.1) is 5.70 Å². The van der Waals surface area contributed by atoms with E-state index in [2.05, 4.69) is 34.3 Å². The Morgan fingerprint density at radius 3 is 2.60 bits per heavy atom. The van der Waals surface area contributed by atoms with Gasteiger partial charge in [0, 0.05) is 23.6 Å². The molecule has 3 nitrogen and oxygen atoms in total. The molecule has 102 valence electrons. The molecule has 20 heavy (non-hydrogen) atoms. The zero-order valence-corrected chi connectivity index (χ0v) is 12.1. The van der Waals surface area contributed by atoms with Crippen molar-refractivity contribution in [3.05, 3.63) is 66.0 Å². The first-order valence-corrected chi connectivity index (χ1v) is 6.65. The van der Waals surface area contributed by atoms with E-state index in [1.807, 2.05) is 44.2 Å². The lowest BCUT2D eigenvalue weighted by molar-refractivity contribution is 1.30. The van der Waals surface area contributed by atoms with Crippen LogP contribution in [0.4, 0.5) is 5.69 Å². The maximum absolute atomic E-state index is 4.63. The maximum Gasteiger partial charge on any atom is 0.103 e. The molecule has 1 heterocycles. The van der Waals surface area contributed by atoms with Crippen molar-refractivity contribution in [1.29, 1.82) is 0 Å². The van der Waals surface area contributed by atoms with Gasteiger partial charge in [-0.25, -0.2) is 4.99 Å². The molecule has 0 unspecified atom stereocenters. The topological polar surface area (TPSA) is 37.3 Å². The predicted octanol–water partition coefficient (Wildman–Crippen LogP) is 4.28. The van der Waals surface area contributed by atoms with Crippen LogP contribution in [0.5, 0.6) is 0 Å². The molecular formula is C17H19N3. The van der Waals surface area contributed by atoms with Crippen molar-refractivity contribution in [3.63, 3.8) is 0 Å². The zero-order valence-electron chi connectivity index (χ0n) is 12.1. The van der Waals surface area contributed by atoms with Gasteiger partial charge in [-0.1, -0.05) is 18.2 Å². The first-order chi connectivity index (χ1) is 9.69. The molecule has 0 aliphatic heterocycles. The summed E-state index contributed by atoms with van der Waals surface area (Å²) in [5, 5.41) is 3.31. The Hall–Kier alpha value is -2.42. The second kappa shape index (κ2) is 6.66. The van der Waals surface area contributed by atoms with Crippen LogP contribution in [0, 0.1) is 6.92 Å². The summed E-state index contributed by atoms with van der Waals surface area (Å²) in [6.07, 6.45) is 5.55.